The van der Waals surface area contributed by atoms with Gasteiger partial charge in [-0.1, -0.05) is 42.1 Å². The molecule has 0 aliphatic rings. The number of carbonyl (C=O) groups is 2. The highest BCUT2D eigenvalue weighted by Gasteiger charge is 2.17. The topological polar surface area (TPSA) is 130 Å². The molecule has 0 aliphatic heterocycles. The van der Waals surface area contributed by atoms with E-state index >= 15 is 0 Å². The molecule has 0 saturated carbocycles. The molecule has 2 aromatic carbocycles. The summed E-state index contributed by atoms with van der Waals surface area (Å²) < 4.78 is 13.7. The number of rotatable bonds is 6. The van der Waals surface area contributed by atoms with Gasteiger partial charge in [0.15, 0.2) is 11.0 Å². The minimum absolute atomic E-state index is 0.0157. The van der Waals surface area contributed by atoms with E-state index in [0.717, 1.165) is 17.8 Å². The Morgan fingerprint density at radius 2 is 1.76 bits per heavy atom. The Morgan fingerprint density at radius 3 is 2.45 bits per heavy atom. The van der Waals surface area contributed by atoms with Crippen LogP contribution >= 0.6 is 11.8 Å². The number of carbonyl (C=O) groups excluding carboxylic acids is 2. The lowest BCUT2D eigenvalue weighted by atomic mass is 10.2. The highest BCUT2D eigenvalue weighted by molar-refractivity contribution is 7.99. The van der Waals surface area contributed by atoms with E-state index < -0.39 is 17.3 Å². The van der Waals surface area contributed by atoms with Crippen LogP contribution in [-0.2, 0) is 4.79 Å². The van der Waals surface area contributed by atoms with Crippen molar-refractivity contribution in [2.45, 2.75) is 5.16 Å². The summed E-state index contributed by atoms with van der Waals surface area (Å²) >= 11 is 0.971. The molecule has 0 unspecified atom stereocenters. The summed E-state index contributed by atoms with van der Waals surface area (Å²) in [6.45, 7) is 0. The van der Waals surface area contributed by atoms with E-state index in [1.165, 1.54) is 18.2 Å². The van der Waals surface area contributed by atoms with Crippen LogP contribution in [0.4, 0.5) is 21.6 Å². The van der Waals surface area contributed by atoms with Gasteiger partial charge in [0.05, 0.1) is 11.3 Å². The first-order valence-electron chi connectivity index (χ1n) is 8.37. The Hall–Kier alpha value is -3.66. The zero-order valence-electron chi connectivity index (χ0n) is 14.9. The molecule has 0 radical (unpaired) electrons. The second-order valence-corrected chi connectivity index (χ2v) is 6.73. The summed E-state index contributed by atoms with van der Waals surface area (Å²) in [5, 5.41) is 5.07. The maximum atomic E-state index is 13.7. The van der Waals surface area contributed by atoms with Crippen molar-refractivity contribution in [3.63, 3.8) is 0 Å². The number of benzene rings is 2. The van der Waals surface area contributed by atoms with Crippen LogP contribution in [0.15, 0.2) is 64.5 Å². The highest BCUT2D eigenvalue weighted by Crippen LogP contribution is 2.18. The largest absolute Gasteiger partial charge is 0.382 e. The van der Waals surface area contributed by atoms with Crippen molar-refractivity contribution in [1.82, 2.24) is 9.97 Å². The third-order valence-corrected chi connectivity index (χ3v) is 4.55. The van der Waals surface area contributed by atoms with Crippen molar-refractivity contribution < 1.29 is 14.0 Å². The number of halogens is 1. The van der Waals surface area contributed by atoms with Gasteiger partial charge in [0.2, 0.25) is 5.91 Å². The van der Waals surface area contributed by atoms with Crippen molar-refractivity contribution in [1.29, 1.82) is 0 Å². The molecular weight excluding hydrogens is 397 g/mol. The van der Waals surface area contributed by atoms with E-state index in [-0.39, 0.29) is 33.9 Å². The second-order valence-electron chi connectivity index (χ2n) is 5.77. The van der Waals surface area contributed by atoms with Gasteiger partial charge < -0.3 is 16.4 Å². The molecular formula is C19H16FN5O3S. The Balaban J connectivity index is 1.66. The minimum Gasteiger partial charge on any atom is -0.382 e. The zero-order valence-corrected chi connectivity index (χ0v) is 15.8. The van der Waals surface area contributed by atoms with E-state index in [2.05, 4.69) is 20.6 Å². The molecule has 1 aromatic heterocycles. The Morgan fingerprint density at radius 1 is 1.07 bits per heavy atom. The molecule has 10 heteroatoms. The van der Waals surface area contributed by atoms with Crippen LogP contribution in [0.25, 0.3) is 0 Å². The molecule has 0 aliphatic carbocycles. The number of nitrogens with one attached hydrogen (secondary N) is 3. The number of nitrogens with two attached hydrogens (primary N) is 1. The number of amides is 2. The van der Waals surface area contributed by atoms with Crippen LogP contribution in [0.2, 0.25) is 0 Å². The third kappa shape index (κ3) is 5.20. The predicted octanol–water partition coefficient (Wildman–Crippen LogP) is 2.47. The number of hydrogen-bond acceptors (Lipinski definition) is 6. The molecule has 29 heavy (non-hydrogen) atoms. The van der Waals surface area contributed by atoms with Crippen molar-refractivity contribution in [2.24, 2.45) is 0 Å². The fraction of sp³-hybridized carbons (Fsp3) is 0.0526. The number of para-hydroxylation sites is 1. The van der Waals surface area contributed by atoms with Crippen LogP contribution in [0.1, 0.15) is 10.4 Å². The molecule has 5 N–H and O–H groups in total. The number of aromatic amines is 1. The molecule has 8 nitrogen and oxygen atoms in total. The van der Waals surface area contributed by atoms with Gasteiger partial charge in [-0.05, 0) is 24.3 Å². The summed E-state index contributed by atoms with van der Waals surface area (Å²) in [4.78, 5) is 42.8. The lowest BCUT2D eigenvalue weighted by Gasteiger charge is -2.09. The number of H-pyrrole nitrogens is 1. The van der Waals surface area contributed by atoms with Gasteiger partial charge >= 0.3 is 0 Å². The van der Waals surface area contributed by atoms with E-state index in [1.54, 1.807) is 24.3 Å². The molecule has 1 heterocycles. The average Bonchev–Trinajstić information content (AvgIpc) is 2.70. The number of aromatic nitrogens is 2. The molecule has 0 saturated heterocycles. The summed E-state index contributed by atoms with van der Waals surface area (Å²) in [7, 11) is 0. The van der Waals surface area contributed by atoms with Gasteiger partial charge in [0.1, 0.15) is 11.5 Å². The van der Waals surface area contributed by atoms with Crippen LogP contribution in [-0.4, -0.2) is 27.5 Å². The van der Waals surface area contributed by atoms with E-state index in [1.807, 2.05) is 6.07 Å². The number of nitrogen functional groups attached to an aromatic ring is 1. The summed E-state index contributed by atoms with van der Waals surface area (Å²) in [6.07, 6.45) is 0. The fourth-order valence-corrected chi connectivity index (χ4v) is 3.00. The molecule has 0 fully saturated rings. The number of hydrogen-bond donors (Lipinski definition) is 4. The van der Waals surface area contributed by atoms with Crippen LogP contribution in [0, 0.1) is 5.82 Å². The molecule has 0 atom stereocenters. The van der Waals surface area contributed by atoms with Crippen molar-refractivity contribution >= 4 is 40.8 Å². The standard InChI is InChI=1S/C19H16FN5O3S/c20-13-9-5-4-8-12(13)17(27)23-15-16(21)24-19(25-18(15)28)29-10-14(26)22-11-6-2-1-3-7-11/h1-9H,10H2,(H,22,26)(H,23,27)(H3,21,24,25,28). The van der Waals surface area contributed by atoms with E-state index in [9.17, 15) is 18.8 Å². The molecule has 148 valence electrons. The van der Waals surface area contributed by atoms with Crippen LogP contribution in [0.3, 0.4) is 0 Å². The summed E-state index contributed by atoms with van der Waals surface area (Å²) in [5.74, 6) is -2.11. The number of thioether (sulfide) groups is 1. The molecule has 0 bridgehead atoms. The third-order valence-electron chi connectivity index (χ3n) is 3.68. The summed E-state index contributed by atoms with van der Waals surface area (Å²) in [5.41, 5.74) is 5.16. The van der Waals surface area contributed by atoms with Gasteiger partial charge in [-0.15, -0.1) is 0 Å². The second kappa shape index (κ2) is 9.02. The first-order valence-corrected chi connectivity index (χ1v) is 9.36. The Bertz CT molecular complexity index is 1100. The highest BCUT2D eigenvalue weighted by atomic mass is 32.2. The maximum Gasteiger partial charge on any atom is 0.277 e. The average molecular weight is 413 g/mol. The van der Waals surface area contributed by atoms with Gasteiger partial charge in [-0.25, -0.2) is 9.37 Å². The first kappa shape index (κ1) is 20.1. The Kier molecular flexibility index (Phi) is 6.25. The molecule has 3 rings (SSSR count). The van der Waals surface area contributed by atoms with Gasteiger partial charge in [0.25, 0.3) is 11.5 Å². The number of anilines is 3. The van der Waals surface area contributed by atoms with Crippen molar-refractivity contribution in [3.05, 3.63) is 76.3 Å². The smallest absolute Gasteiger partial charge is 0.277 e. The molecule has 2 amide bonds. The Labute approximate surface area is 168 Å². The minimum atomic E-state index is -0.829. The first-order chi connectivity index (χ1) is 13.9. The normalized spacial score (nSPS) is 10.4. The zero-order chi connectivity index (χ0) is 20.8. The van der Waals surface area contributed by atoms with Crippen LogP contribution in [0.5, 0.6) is 0 Å². The lowest BCUT2D eigenvalue weighted by molar-refractivity contribution is -0.113. The van der Waals surface area contributed by atoms with E-state index in [0.29, 0.717) is 5.69 Å². The SMILES string of the molecule is Nc1nc(SCC(=O)Nc2ccccc2)[nH]c(=O)c1NC(=O)c1ccccc1F. The summed E-state index contributed by atoms with van der Waals surface area (Å²) in [6, 6.07) is 14.2. The molecule has 3 aromatic rings. The monoisotopic (exact) mass is 413 g/mol. The predicted molar refractivity (Wildman–Crippen MR) is 109 cm³/mol. The quantitative estimate of drug-likeness (QED) is 0.363. The maximum absolute atomic E-state index is 13.7. The molecule has 0 spiro atoms. The van der Waals surface area contributed by atoms with E-state index in [4.69, 9.17) is 5.73 Å². The van der Waals surface area contributed by atoms with Crippen LogP contribution < -0.4 is 21.9 Å². The number of nitrogens with zero attached hydrogens (tertiary/aromatic N) is 1. The van der Waals surface area contributed by atoms with Crippen molar-refractivity contribution in [3.8, 4) is 0 Å². The van der Waals surface area contributed by atoms with Gasteiger partial charge in [-0.2, -0.15) is 0 Å². The van der Waals surface area contributed by atoms with Gasteiger partial charge in [-0.3, -0.25) is 19.4 Å². The van der Waals surface area contributed by atoms with Gasteiger partial charge in [0, 0.05) is 5.69 Å². The fourth-order valence-electron chi connectivity index (χ4n) is 2.34. The lowest BCUT2D eigenvalue weighted by Crippen LogP contribution is -2.24. The van der Waals surface area contributed by atoms with Crippen molar-refractivity contribution in [2.75, 3.05) is 22.1 Å².